The van der Waals surface area contributed by atoms with Gasteiger partial charge in [0, 0.05) is 83.1 Å². The average Bonchev–Trinajstić information content (AvgIpc) is 2.94. The predicted octanol–water partition coefficient (Wildman–Crippen LogP) is -2.57. The van der Waals surface area contributed by atoms with Crippen molar-refractivity contribution in [2.45, 2.75) is 75.9 Å². The molecule has 1 atom stereocenters. The standard InChI is InChI=1S/C28H56O14/c1-2-41-23(39)28(11-20-37,24(3-12-29,4-13-30)26(40,7-16-33)8-17-34)25(5-14-31,6-15-32)27(9-18-35,10-19-36)42-22-21-38/h29-38,40H,2-22H2,1H3. The molecule has 0 aliphatic rings. The van der Waals surface area contributed by atoms with E-state index < -0.39 is 144 Å². The summed E-state index contributed by atoms with van der Waals surface area (Å²) in [6.07, 6.45) is -3.79. The molecule has 0 aromatic rings. The van der Waals surface area contributed by atoms with Gasteiger partial charge >= 0.3 is 5.97 Å². The Bertz CT molecular complexity index is 697. The Morgan fingerprint density at radius 3 is 1.24 bits per heavy atom. The number of hydrogen-bond donors (Lipinski definition) is 11. The van der Waals surface area contributed by atoms with E-state index in [9.17, 15) is 61.0 Å². The fourth-order valence-corrected chi connectivity index (χ4v) is 7.89. The lowest BCUT2D eigenvalue weighted by Crippen LogP contribution is -2.74. The fraction of sp³-hybridized carbons (Fsp3) is 0.964. The van der Waals surface area contributed by atoms with E-state index in [4.69, 9.17) is 9.47 Å². The van der Waals surface area contributed by atoms with Crippen molar-refractivity contribution in [3.8, 4) is 0 Å². The van der Waals surface area contributed by atoms with Gasteiger partial charge in [0.05, 0.1) is 36.4 Å². The summed E-state index contributed by atoms with van der Waals surface area (Å²) in [6, 6.07) is 0. The molecule has 0 aliphatic carbocycles. The Labute approximate surface area is 248 Å². The summed E-state index contributed by atoms with van der Waals surface area (Å²) in [5.41, 5.74) is -10.4. The minimum Gasteiger partial charge on any atom is -0.466 e. The molecular formula is C28H56O14. The highest BCUT2D eigenvalue weighted by Crippen LogP contribution is 2.70. The number of aliphatic hydroxyl groups is 11. The van der Waals surface area contributed by atoms with Gasteiger partial charge in [0.2, 0.25) is 0 Å². The second kappa shape index (κ2) is 20.1. The number of ether oxygens (including phenoxy) is 2. The summed E-state index contributed by atoms with van der Waals surface area (Å²) in [5, 5.41) is 116. The third kappa shape index (κ3) is 7.79. The van der Waals surface area contributed by atoms with E-state index in [1.54, 1.807) is 0 Å². The van der Waals surface area contributed by atoms with Crippen molar-refractivity contribution in [3.63, 3.8) is 0 Å². The van der Waals surface area contributed by atoms with Crippen LogP contribution in [0.3, 0.4) is 0 Å². The second-order valence-corrected chi connectivity index (χ2v) is 10.7. The van der Waals surface area contributed by atoms with Gasteiger partial charge < -0.3 is 65.6 Å². The molecule has 1 unspecified atom stereocenters. The minimum absolute atomic E-state index is 0.211. The second-order valence-electron chi connectivity index (χ2n) is 10.7. The molecule has 14 nitrogen and oxygen atoms in total. The molecule has 0 heterocycles. The summed E-state index contributed by atoms with van der Waals surface area (Å²) >= 11 is 0. The van der Waals surface area contributed by atoms with Gasteiger partial charge in [-0.15, -0.1) is 0 Å². The van der Waals surface area contributed by atoms with Crippen LogP contribution < -0.4 is 0 Å². The van der Waals surface area contributed by atoms with E-state index in [0.717, 1.165) is 0 Å². The third-order valence-electron chi connectivity index (χ3n) is 9.21. The summed E-state index contributed by atoms with van der Waals surface area (Å²) in [6.45, 7) is -5.56. The molecule has 0 bridgehead atoms. The number of aliphatic hydroxyl groups excluding tert-OH is 10. The van der Waals surface area contributed by atoms with Gasteiger partial charge in [0.1, 0.15) is 0 Å². The molecule has 252 valence electrons. The molecule has 0 aromatic carbocycles. The Balaban J connectivity index is 8.91. The van der Waals surface area contributed by atoms with E-state index in [1.165, 1.54) is 6.92 Å². The SMILES string of the molecule is CCOC(=O)C(CCO)(C(CCO)(CCO)C(O)(CCO)CCO)C(CCO)(CCO)C(CCO)(CCO)OCCO. The van der Waals surface area contributed by atoms with Gasteiger partial charge in [-0.25, -0.2) is 0 Å². The highest BCUT2D eigenvalue weighted by molar-refractivity contribution is 5.80. The molecule has 42 heavy (non-hydrogen) atoms. The first-order chi connectivity index (χ1) is 20.1. The number of rotatable bonds is 27. The smallest absolute Gasteiger partial charge is 0.313 e. The first kappa shape index (κ1) is 41.0. The van der Waals surface area contributed by atoms with Crippen molar-refractivity contribution in [2.75, 3.05) is 79.3 Å². The first-order valence-corrected chi connectivity index (χ1v) is 14.7. The highest BCUT2D eigenvalue weighted by Gasteiger charge is 2.76. The van der Waals surface area contributed by atoms with Crippen LogP contribution in [0, 0.1) is 16.2 Å². The van der Waals surface area contributed by atoms with Gasteiger partial charge in [-0.2, -0.15) is 0 Å². The van der Waals surface area contributed by atoms with Crippen molar-refractivity contribution in [2.24, 2.45) is 16.2 Å². The van der Waals surface area contributed by atoms with E-state index in [0.29, 0.717) is 0 Å². The summed E-state index contributed by atoms with van der Waals surface area (Å²) in [4.78, 5) is 14.7. The van der Waals surface area contributed by atoms with Gasteiger partial charge in [-0.3, -0.25) is 4.79 Å². The van der Waals surface area contributed by atoms with Crippen molar-refractivity contribution < 1.29 is 70.4 Å². The summed E-state index contributed by atoms with van der Waals surface area (Å²) < 4.78 is 11.8. The Morgan fingerprint density at radius 1 is 0.524 bits per heavy atom. The number of hydrogen-bond acceptors (Lipinski definition) is 14. The van der Waals surface area contributed by atoms with Crippen LogP contribution >= 0.6 is 0 Å². The molecule has 0 fully saturated rings. The van der Waals surface area contributed by atoms with Crippen LogP contribution in [-0.4, -0.2) is 153 Å². The topological polar surface area (TPSA) is 258 Å². The van der Waals surface area contributed by atoms with Crippen molar-refractivity contribution in [1.29, 1.82) is 0 Å². The molecule has 0 aromatic heterocycles. The quantitative estimate of drug-likeness (QED) is 0.0424. The van der Waals surface area contributed by atoms with Crippen LogP contribution in [0.15, 0.2) is 0 Å². The van der Waals surface area contributed by atoms with Crippen molar-refractivity contribution in [1.82, 2.24) is 0 Å². The monoisotopic (exact) mass is 616 g/mol. The molecule has 0 saturated heterocycles. The molecule has 0 aliphatic heterocycles. The van der Waals surface area contributed by atoms with Crippen LogP contribution in [0.5, 0.6) is 0 Å². The molecule has 0 amide bonds. The van der Waals surface area contributed by atoms with Crippen LogP contribution in [0.4, 0.5) is 0 Å². The van der Waals surface area contributed by atoms with Crippen LogP contribution in [-0.2, 0) is 14.3 Å². The third-order valence-corrected chi connectivity index (χ3v) is 9.21. The van der Waals surface area contributed by atoms with E-state index in [-0.39, 0.29) is 26.1 Å². The van der Waals surface area contributed by atoms with Crippen LogP contribution in [0.25, 0.3) is 0 Å². The summed E-state index contributed by atoms with van der Waals surface area (Å²) in [5.74, 6) is -1.05. The van der Waals surface area contributed by atoms with Crippen molar-refractivity contribution >= 4 is 5.97 Å². The number of esters is 1. The van der Waals surface area contributed by atoms with Gasteiger partial charge in [-0.05, 0) is 51.9 Å². The molecule has 0 spiro atoms. The number of carbonyl (C=O) groups is 1. The minimum atomic E-state index is -2.29. The average molecular weight is 617 g/mol. The Hall–Kier alpha value is -1.01. The lowest BCUT2D eigenvalue weighted by Gasteiger charge is -2.68. The fourth-order valence-electron chi connectivity index (χ4n) is 7.89. The molecular weight excluding hydrogens is 560 g/mol. The molecule has 0 radical (unpaired) electrons. The molecule has 11 N–H and O–H groups in total. The van der Waals surface area contributed by atoms with Crippen LogP contribution in [0.1, 0.15) is 64.7 Å². The van der Waals surface area contributed by atoms with E-state index >= 15 is 0 Å². The van der Waals surface area contributed by atoms with Gasteiger partial charge in [-0.1, -0.05) is 0 Å². The normalized spacial score (nSPS) is 14.7. The lowest BCUT2D eigenvalue weighted by atomic mass is 9.37. The zero-order chi connectivity index (χ0) is 32.3. The lowest BCUT2D eigenvalue weighted by molar-refractivity contribution is -0.293. The van der Waals surface area contributed by atoms with E-state index in [2.05, 4.69) is 0 Å². The van der Waals surface area contributed by atoms with Gasteiger partial charge in [0.25, 0.3) is 0 Å². The Kier molecular flexibility index (Phi) is 19.6. The van der Waals surface area contributed by atoms with Crippen LogP contribution in [0.2, 0.25) is 0 Å². The first-order valence-electron chi connectivity index (χ1n) is 14.7. The maximum Gasteiger partial charge on any atom is 0.313 e. The maximum absolute atomic E-state index is 14.7. The predicted molar refractivity (Wildman–Crippen MR) is 150 cm³/mol. The molecule has 0 rings (SSSR count). The largest absolute Gasteiger partial charge is 0.466 e. The highest BCUT2D eigenvalue weighted by atomic mass is 16.5. The number of carbonyl (C=O) groups excluding carboxylic acids is 1. The van der Waals surface area contributed by atoms with Crippen molar-refractivity contribution in [3.05, 3.63) is 0 Å². The zero-order valence-electron chi connectivity index (χ0n) is 25.0. The molecule has 0 saturated carbocycles. The van der Waals surface area contributed by atoms with Gasteiger partial charge in [0.15, 0.2) is 0 Å². The summed E-state index contributed by atoms with van der Waals surface area (Å²) in [7, 11) is 0. The Morgan fingerprint density at radius 2 is 0.905 bits per heavy atom. The van der Waals surface area contributed by atoms with E-state index in [1.807, 2.05) is 0 Å². The maximum atomic E-state index is 14.7. The molecule has 14 heteroatoms. The zero-order valence-corrected chi connectivity index (χ0v) is 25.0.